The van der Waals surface area contributed by atoms with Gasteiger partial charge in [0.05, 0.1) is 4.90 Å². The lowest BCUT2D eigenvalue weighted by Gasteiger charge is -2.17. The summed E-state index contributed by atoms with van der Waals surface area (Å²) in [5, 5.41) is 2.45. The summed E-state index contributed by atoms with van der Waals surface area (Å²) < 4.78 is 26.6. The molecule has 2 rings (SSSR count). The Morgan fingerprint density at radius 3 is 2.53 bits per heavy atom. The number of nitrogens with one attached hydrogen (secondary N) is 5. The second-order valence-electron chi connectivity index (χ2n) is 3.92. The van der Waals surface area contributed by atoms with E-state index < -0.39 is 22.2 Å². The number of rotatable bonds is 4. The van der Waals surface area contributed by atoms with Crippen LogP contribution in [0.5, 0.6) is 0 Å². The number of carbonyl (C=O) groups excluding carboxylic acids is 1. The van der Waals surface area contributed by atoms with Gasteiger partial charge in [-0.1, -0.05) is 18.2 Å². The number of benzene rings is 1. The first kappa shape index (κ1) is 13.9. The van der Waals surface area contributed by atoms with Crippen molar-refractivity contribution < 1.29 is 13.2 Å². The summed E-state index contributed by atoms with van der Waals surface area (Å²) in [5.41, 5.74) is 7.79. The smallest absolute Gasteiger partial charge is 0.242 e. The number of hydrogen-bond acceptors (Lipinski definition) is 6. The Hall–Kier alpha value is -1.52. The van der Waals surface area contributed by atoms with Gasteiger partial charge in [0.2, 0.25) is 15.9 Å². The van der Waals surface area contributed by atoms with Crippen LogP contribution in [0.3, 0.4) is 0 Å². The third-order valence-corrected chi connectivity index (χ3v) is 4.11. The Kier molecular flexibility index (Phi) is 4.12. The van der Waals surface area contributed by atoms with E-state index in [1.54, 1.807) is 18.2 Å². The van der Waals surface area contributed by atoms with Gasteiger partial charge in [0.15, 0.2) is 0 Å². The van der Waals surface area contributed by atoms with E-state index in [0.29, 0.717) is 0 Å². The first-order chi connectivity index (χ1) is 9.04. The van der Waals surface area contributed by atoms with E-state index >= 15 is 0 Å². The van der Waals surface area contributed by atoms with E-state index in [0.717, 1.165) is 0 Å². The maximum absolute atomic E-state index is 12.1. The van der Waals surface area contributed by atoms with Crippen LogP contribution in [0.2, 0.25) is 0 Å². The van der Waals surface area contributed by atoms with Crippen molar-refractivity contribution in [3.05, 3.63) is 30.3 Å². The zero-order chi connectivity index (χ0) is 13.9. The van der Waals surface area contributed by atoms with Crippen LogP contribution in [-0.4, -0.2) is 33.6 Å². The molecule has 1 aliphatic heterocycles. The van der Waals surface area contributed by atoms with Gasteiger partial charge in [0.25, 0.3) is 0 Å². The molecule has 1 saturated heterocycles. The molecule has 1 fully saturated rings. The zero-order valence-electron chi connectivity index (χ0n) is 10.2. The highest BCUT2D eigenvalue weighted by molar-refractivity contribution is 7.89. The fourth-order valence-corrected chi connectivity index (χ4v) is 2.85. The van der Waals surface area contributed by atoms with Crippen LogP contribution >= 0.6 is 0 Å². The van der Waals surface area contributed by atoms with Crippen LogP contribution in [0.1, 0.15) is 0 Å². The molecule has 0 radical (unpaired) electrons. The number of sulfonamides is 1. The predicted octanol–water partition coefficient (Wildman–Crippen LogP) is -1.98. The lowest BCUT2D eigenvalue weighted by molar-refractivity contribution is -0.122. The number of carbonyl (C=O) groups is 1. The summed E-state index contributed by atoms with van der Waals surface area (Å²) in [7, 11) is -2.21. The summed E-state index contributed by atoms with van der Waals surface area (Å²) in [4.78, 5) is 11.7. The third kappa shape index (κ3) is 3.08. The summed E-state index contributed by atoms with van der Waals surface area (Å²) in [6.45, 7) is 0. The highest BCUT2D eigenvalue weighted by Crippen LogP contribution is 2.09. The minimum Gasteiger partial charge on any atom is -0.358 e. The highest BCUT2D eigenvalue weighted by atomic mass is 32.2. The fourth-order valence-electron chi connectivity index (χ4n) is 1.67. The van der Waals surface area contributed by atoms with Crippen LogP contribution in [0.15, 0.2) is 35.2 Å². The molecule has 0 bridgehead atoms. The molecule has 104 valence electrons. The quantitative estimate of drug-likeness (QED) is 0.438. The second kappa shape index (κ2) is 5.63. The minimum absolute atomic E-state index is 0.138. The average Bonchev–Trinajstić information content (AvgIpc) is 2.86. The summed E-state index contributed by atoms with van der Waals surface area (Å²) in [6, 6.07) is 7.19. The lowest BCUT2D eigenvalue weighted by atomic mass is 10.2. The maximum atomic E-state index is 12.1. The highest BCUT2D eigenvalue weighted by Gasteiger charge is 2.35. The minimum atomic E-state index is -3.69. The molecule has 2 atom stereocenters. The molecule has 1 aliphatic rings. The van der Waals surface area contributed by atoms with Gasteiger partial charge in [0, 0.05) is 7.05 Å². The monoisotopic (exact) mass is 285 g/mol. The summed E-state index contributed by atoms with van der Waals surface area (Å²) in [6.07, 6.45) is -0.787. The van der Waals surface area contributed by atoms with Gasteiger partial charge in [-0.2, -0.15) is 10.3 Å². The van der Waals surface area contributed by atoms with Gasteiger partial charge in [-0.3, -0.25) is 4.79 Å². The SMILES string of the molecule is CNC(=O)C1NNNC1NS(=O)(=O)c1ccccc1. The molecule has 1 amide bonds. The molecule has 2 unspecified atom stereocenters. The van der Waals surface area contributed by atoms with Crippen molar-refractivity contribution >= 4 is 15.9 Å². The summed E-state index contributed by atoms with van der Waals surface area (Å²) in [5.74, 6) is -0.335. The van der Waals surface area contributed by atoms with E-state index in [1.807, 2.05) is 0 Å². The van der Waals surface area contributed by atoms with E-state index in [-0.39, 0.29) is 10.8 Å². The number of hydrogen-bond donors (Lipinski definition) is 5. The molecular formula is C10H15N5O3S. The molecule has 1 heterocycles. The Bertz CT molecular complexity index is 548. The van der Waals surface area contributed by atoms with Crippen molar-refractivity contribution in [2.75, 3.05) is 7.05 Å². The Labute approximate surface area is 110 Å². The van der Waals surface area contributed by atoms with Crippen molar-refractivity contribution in [3.63, 3.8) is 0 Å². The van der Waals surface area contributed by atoms with Crippen LogP contribution < -0.4 is 26.4 Å². The molecule has 19 heavy (non-hydrogen) atoms. The molecule has 8 nitrogen and oxygen atoms in total. The van der Waals surface area contributed by atoms with Crippen LogP contribution in [0.25, 0.3) is 0 Å². The number of likely N-dealkylation sites (N-methyl/N-ethyl adjacent to an activating group) is 1. The fraction of sp³-hybridized carbons (Fsp3) is 0.300. The van der Waals surface area contributed by atoms with Crippen LogP contribution in [0.4, 0.5) is 0 Å². The van der Waals surface area contributed by atoms with Crippen molar-refractivity contribution in [3.8, 4) is 0 Å². The van der Waals surface area contributed by atoms with E-state index in [4.69, 9.17) is 0 Å². The topological polar surface area (TPSA) is 111 Å². The summed E-state index contributed by atoms with van der Waals surface area (Å²) >= 11 is 0. The molecule has 0 spiro atoms. The normalized spacial score (nSPS) is 23.2. The van der Waals surface area contributed by atoms with E-state index in [9.17, 15) is 13.2 Å². The van der Waals surface area contributed by atoms with Gasteiger partial charge in [0.1, 0.15) is 12.2 Å². The van der Waals surface area contributed by atoms with Gasteiger partial charge in [-0.25, -0.2) is 19.3 Å². The number of amides is 1. The van der Waals surface area contributed by atoms with Gasteiger partial charge in [-0.05, 0) is 12.1 Å². The predicted molar refractivity (Wildman–Crippen MR) is 67.8 cm³/mol. The largest absolute Gasteiger partial charge is 0.358 e. The standard InChI is InChI=1S/C10H15N5O3S/c1-11-10(16)8-9(13-15-12-8)14-19(17,18)7-5-3-2-4-6-7/h2-6,8-9,12-15H,1H3,(H,11,16). The molecule has 5 N–H and O–H groups in total. The molecule has 0 aromatic heterocycles. The van der Waals surface area contributed by atoms with Gasteiger partial charge in [-0.15, -0.1) is 0 Å². The first-order valence-electron chi connectivity index (χ1n) is 5.59. The molecule has 1 aromatic carbocycles. The molecule has 1 aromatic rings. The third-order valence-electron chi connectivity index (χ3n) is 2.65. The van der Waals surface area contributed by atoms with E-state index in [1.165, 1.54) is 19.2 Å². The molecular weight excluding hydrogens is 270 g/mol. The molecule has 9 heteroatoms. The Morgan fingerprint density at radius 2 is 1.89 bits per heavy atom. The van der Waals surface area contributed by atoms with Crippen molar-refractivity contribution in [1.29, 1.82) is 0 Å². The van der Waals surface area contributed by atoms with Crippen molar-refractivity contribution in [2.45, 2.75) is 17.1 Å². The zero-order valence-corrected chi connectivity index (χ0v) is 11.0. The average molecular weight is 285 g/mol. The second-order valence-corrected chi connectivity index (χ2v) is 5.63. The van der Waals surface area contributed by atoms with Gasteiger partial charge >= 0.3 is 0 Å². The first-order valence-corrected chi connectivity index (χ1v) is 7.08. The molecule has 0 saturated carbocycles. The maximum Gasteiger partial charge on any atom is 0.242 e. The number of hydrazine groups is 2. The van der Waals surface area contributed by atoms with Gasteiger partial charge < -0.3 is 5.32 Å². The van der Waals surface area contributed by atoms with E-state index in [2.05, 4.69) is 26.4 Å². The van der Waals surface area contributed by atoms with Crippen molar-refractivity contribution in [2.24, 2.45) is 0 Å². The Balaban J connectivity index is 2.14. The molecule has 0 aliphatic carbocycles. The van der Waals surface area contributed by atoms with Crippen LogP contribution in [-0.2, 0) is 14.8 Å². The Morgan fingerprint density at radius 1 is 1.21 bits per heavy atom. The van der Waals surface area contributed by atoms with Crippen molar-refractivity contribution in [1.82, 2.24) is 26.4 Å². The van der Waals surface area contributed by atoms with Crippen LogP contribution in [0, 0.1) is 0 Å². The lowest BCUT2D eigenvalue weighted by Crippen LogP contribution is -2.54.